The number of phenolic OH excluding ortho intramolecular Hbond substituents is 1. The number of aromatic hydroxyl groups is 1. The second-order valence-corrected chi connectivity index (χ2v) is 5.72. The number of rotatable bonds is 2. The highest BCUT2D eigenvalue weighted by Crippen LogP contribution is 2.39. The Morgan fingerprint density at radius 1 is 1.09 bits per heavy atom. The van der Waals surface area contributed by atoms with Gasteiger partial charge in [-0.05, 0) is 65.2 Å². The highest BCUT2D eigenvalue weighted by atomic mass is 35.5. The Bertz CT molecular complexity index is 746. The molecule has 6 heteroatoms. The average Bonchev–Trinajstić information content (AvgIpc) is 2.66. The van der Waals surface area contributed by atoms with E-state index in [2.05, 4.69) is 4.98 Å². The lowest BCUT2D eigenvalue weighted by molar-refractivity contribution is 0.427. The van der Waals surface area contributed by atoms with E-state index < -0.39 is 7.12 Å². The minimum absolute atomic E-state index is 0.177. The van der Waals surface area contributed by atoms with Crippen LogP contribution in [-0.2, 0) is 6.42 Å². The topological polar surface area (TPSA) is 73.6 Å². The van der Waals surface area contributed by atoms with Crippen LogP contribution in [-0.4, -0.2) is 27.3 Å². The van der Waals surface area contributed by atoms with E-state index in [0.29, 0.717) is 16.9 Å². The summed E-state index contributed by atoms with van der Waals surface area (Å²) in [6.45, 7) is 0. The molecule has 0 saturated heterocycles. The molecule has 1 heterocycles. The van der Waals surface area contributed by atoms with Crippen LogP contribution in [0.3, 0.4) is 0 Å². The Balaban J connectivity index is 2.27. The van der Waals surface area contributed by atoms with Gasteiger partial charge in [0.2, 0.25) is 0 Å². The van der Waals surface area contributed by atoms with Crippen molar-refractivity contribution >= 4 is 29.8 Å². The maximum atomic E-state index is 9.92. The fourth-order valence-corrected chi connectivity index (χ4v) is 3.23. The van der Waals surface area contributed by atoms with E-state index in [-0.39, 0.29) is 5.75 Å². The van der Waals surface area contributed by atoms with E-state index in [0.717, 1.165) is 35.1 Å². The molecule has 112 valence electrons. The van der Waals surface area contributed by atoms with Crippen LogP contribution in [0, 0.1) is 0 Å². The van der Waals surface area contributed by atoms with E-state index in [9.17, 15) is 15.2 Å². The molecule has 22 heavy (non-hydrogen) atoms. The van der Waals surface area contributed by atoms with Crippen molar-refractivity contribution in [2.24, 2.45) is 0 Å². The molecular formula is C16H15BClNO3. The highest BCUT2D eigenvalue weighted by Gasteiger charge is 2.27. The summed E-state index contributed by atoms with van der Waals surface area (Å²) in [7, 11) is -1.61. The van der Waals surface area contributed by atoms with E-state index in [1.807, 2.05) is 0 Å². The van der Waals surface area contributed by atoms with Crippen LogP contribution in [0.4, 0.5) is 0 Å². The Morgan fingerprint density at radius 3 is 2.64 bits per heavy atom. The normalized spacial score (nSPS) is 14.5. The standard InChI is InChI=1S/C16H15BClNO3/c18-15-9-19-7-6-13(15)14-3-1-2-10-8-11(20)4-5-12(10)16(14)17(21)22/h4-9,20-22H,1-3H2. The van der Waals surface area contributed by atoms with Gasteiger partial charge < -0.3 is 15.2 Å². The molecule has 4 nitrogen and oxygen atoms in total. The van der Waals surface area contributed by atoms with Crippen LogP contribution >= 0.6 is 11.6 Å². The van der Waals surface area contributed by atoms with Crippen molar-refractivity contribution in [1.82, 2.24) is 4.98 Å². The Kier molecular flexibility index (Phi) is 4.20. The number of aryl methyl sites for hydroxylation is 1. The molecule has 0 bridgehead atoms. The summed E-state index contributed by atoms with van der Waals surface area (Å²) in [5.41, 5.74) is 3.67. The summed E-state index contributed by atoms with van der Waals surface area (Å²) in [6, 6.07) is 6.73. The second-order valence-electron chi connectivity index (χ2n) is 5.32. The van der Waals surface area contributed by atoms with Gasteiger partial charge in [0.15, 0.2) is 0 Å². The summed E-state index contributed by atoms with van der Waals surface area (Å²) in [5.74, 6) is 0.177. The number of allylic oxidation sites excluding steroid dienone is 1. The van der Waals surface area contributed by atoms with Crippen molar-refractivity contribution < 1.29 is 15.2 Å². The maximum Gasteiger partial charge on any atom is 0.489 e. The molecular weight excluding hydrogens is 300 g/mol. The molecule has 1 aliphatic carbocycles. The van der Waals surface area contributed by atoms with Crippen molar-refractivity contribution in [2.75, 3.05) is 0 Å². The van der Waals surface area contributed by atoms with E-state index in [1.165, 1.54) is 0 Å². The molecule has 3 N–H and O–H groups in total. The summed E-state index contributed by atoms with van der Waals surface area (Å²) in [5, 5.41) is 30.0. The number of aromatic nitrogens is 1. The summed E-state index contributed by atoms with van der Waals surface area (Å²) < 4.78 is 0. The van der Waals surface area contributed by atoms with Gasteiger partial charge in [-0.2, -0.15) is 0 Å². The van der Waals surface area contributed by atoms with Crippen LogP contribution in [0.5, 0.6) is 5.75 Å². The van der Waals surface area contributed by atoms with Crippen molar-refractivity contribution in [3.05, 3.63) is 58.4 Å². The third-order valence-electron chi connectivity index (χ3n) is 3.93. The van der Waals surface area contributed by atoms with Crippen LogP contribution in [0.15, 0.2) is 36.7 Å². The molecule has 1 aromatic carbocycles. The molecule has 0 radical (unpaired) electrons. The molecule has 0 spiro atoms. The third kappa shape index (κ3) is 2.75. The number of pyridine rings is 1. The Morgan fingerprint density at radius 2 is 1.91 bits per heavy atom. The summed E-state index contributed by atoms with van der Waals surface area (Å²) >= 11 is 6.23. The first-order valence-corrected chi connectivity index (χ1v) is 7.47. The van der Waals surface area contributed by atoms with E-state index in [4.69, 9.17) is 11.6 Å². The summed E-state index contributed by atoms with van der Waals surface area (Å²) in [4.78, 5) is 3.98. The first kappa shape index (κ1) is 15.1. The zero-order chi connectivity index (χ0) is 15.7. The fraction of sp³-hybridized carbons (Fsp3) is 0.188. The average molecular weight is 316 g/mol. The van der Waals surface area contributed by atoms with Crippen LogP contribution in [0.2, 0.25) is 5.02 Å². The SMILES string of the molecule is OB(O)C1=C(c2ccncc2Cl)CCCc2cc(O)ccc21. The zero-order valence-electron chi connectivity index (χ0n) is 11.8. The number of nitrogens with zero attached hydrogens (tertiary/aromatic N) is 1. The van der Waals surface area contributed by atoms with Gasteiger partial charge in [0.05, 0.1) is 5.02 Å². The molecule has 1 aliphatic rings. The third-order valence-corrected chi connectivity index (χ3v) is 4.23. The van der Waals surface area contributed by atoms with E-state index >= 15 is 0 Å². The smallest absolute Gasteiger partial charge is 0.489 e. The molecule has 1 aromatic heterocycles. The molecule has 0 fully saturated rings. The van der Waals surface area contributed by atoms with Crippen LogP contribution in [0.1, 0.15) is 29.5 Å². The van der Waals surface area contributed by atoms with Gasteiger partial charge >= 0.3 is 7.12 Å². The molecule has 2 aromatic rings. The number of hydrogen-bond donors (Lipinski definition) is 3. The highest BCUT2D eigenvalue weighted by molar-refractivity contribution is 6.68. The molecule has 0 amide bonds. The predicted octanol–water partition coefficient (Wildman–Crippen LogP) is 2.70. The number of fused-ring (bicyclic) bond motifs is 1. The fourth-order valence-electron chi connectivity index (χ4n) is 3.00. The summed E-state index contributed by atoms with van der Waals surface area (Å²) in [6.07, 6.45) is 5.45. The van der Waals surface area contributed by atoms with Crippen molar-refractivity contribution in [1.29, 1.82) is 0 Å². The molecule has 3 rings (SSSR count). The van der Waals surface area contributed by atoms with Gasteiger partial charge in [-0.3, -0.25) is 4.98 Å². The minimum Gasteiger partial charge on any atom is -0.508 e. The van der Waals surface area contributed by atoms with E-state index in [1.54, 1.807) is 36.7 Å². The van der Waals surface area contributed by atoms with Gasteiger partial charge in [-0.25, -0.2) is 0 Å². The number of halogens is 1. The lowest BCUT2D eigenvalue weighted by atomic mass is 9.70. The lowest BCUT2D eigenvalue weighted by Crippen LogP contribution is -2.16. The van der Waals surface area contributed by atoms with Crippen molar-refractivity contribution in [3.8, 4) is 5.75 Å². The van der Waals surface area contributed by atoms with Gasteiger partial charge in [0.25, 0.3) is 0 Å². The first-order chi connectivity index (χ1) is 10.6. The Hall–Kier alpha value is -1.82. The molecule has 0 saturated carbocycles. The molecule has 0 unspecified atom stereocenters. The monoisotopic (exact) mass is 315 g/mol. The zero-order valence-corrected chi connectivity index (χ0v) is 12.6. The van der Waals surface area contributed by atoms with Crippen molar-refractivity contribution in [2.45, 2.75) is 19.3 Å². The minimum atomic E-state index is -1.61. The van der Waals surface area contributed by atoms with Crippen molar-refractivity contribution in [3.63, 3.8) is 0 Å². The van der Waals surface area contributed by atoms with Gasteiger partial charge in [-0.15, -0.1) is 0 Å². The lowest BCUT2D eigenvalue weighted by Gasteiger charge is -2.16. The molecule has 0 atom stereocenters. The molecule has 0 aliphatic heterocycles. The Labute approximate surface area is 133 Å². The second kappa shape index (κ2) is 6.12. The quantitative estimate of drug-likeness (QED) is 0.745. The van der Waals surface area contributed by atoms with Crippen LogP contribution < -0.4 is 0 Å². The van der Waals surface area contributed by atoms with Gasteiger partial charge in [0, 0.05) is 12.4 Å². The van der Waals surface area contributed by atoms with Gasteiger partial charge in [0.1, 0.15) is 5.75 Å². The number of phenols is 1. The largest absolute Gasteiger partial charge is 0.508 e. The maximum absolute atomic E-state index is 9.92. The van der Waals surface area contributed by atoms with Crippen LogP contribution in [0.25, 0.3) is 11.0 Å². The van der Waals surface area contributed by atoms with Gasteiger partial charge in [-0.1, -0.05) is 17.7 Å². The first-order valence-electron chi connectivity index (χ1n) is 7.09. The predicted molar refractivity (Wildman–Crippen MR) is 87.3 cm³/mol. The number of hydrogen-bond acceptors (Lipinski definition) is 4. The number of benzene rings is 1.